The van der Waals surface area contributed by atoms with E-state index in [1.807, 2.05) is 14.1 Å². The lowest BCUT2D eigenvalue weighted by atomic mass is 10.2. The fourth-order valence-electron chi connectivity index (χ4n) is 0.983. The monoisotopic (exact) mass is 184 g/mol. The highest BCUT2D eigenvalue weighted by Crippen LogP contribution is 2.28. The molecule has 1 aromatic heterocycles. The van der Waals surface area contributed by atoms with Crippen LogP contribution in [0.4, 0.5) is 5.00 Å². The molecule has 0 bridgehead atoms. The van der Waals surface area contributed by atoms with Crippen LogP contribution in [-0.4, -0.2) is 14.1 Å². The number of rotatable bonds is 3. The molecule has 0 aliphatic heterocycles. The molecular weight excluding hydrogens is 168 g/mol. The zero-order valence-corrected chi connectivity index (χ0v) is 8.69. The lowest BCUT2D eigenvalue weighted by molar-refractivity contribution is 0.712. The minimum absolute atomic E-state index is 0.212. The average Bonchev–Trinajstić information content (AvgIpc) is 2.51. The normalized spacial score (nSPS) is 13.0. The summed E-state index contributed by atoms with van der Waals surface area (Å²) in [5.41, 5.74) is 5.90. The predicted octanol–water partition coefficient (Wildman–Crippen LogP) is 2.22. The molecule has 2 nitrogen and oxygen atoms in total. The Balaban J connectivity index is 2.77. The summed E-state index contributed by atoms with van der Waals surface area (Å²) in [5.74, 6) is 0. The minimum atomic E-state index is 0.212. The van der Waals surface area contributed by atoms with Gasteiger partial charge >= 0.3 is 0 Å². The van der Waals surface area contributed by atoms with Gasteiger partial charge in [-0.1, -0.05) is 6.92 Å². The van der Waals surface area contributed by atoms with Gasteiger partial charge in [-0.05, 0) is 18.6 Å². The lowest BCUT2D eigenvalue weighted by Gasteiger charge is -2.08. The number of hydrogen-bond acceptors (Lipinski definition) is 3. The molecule has 0 fully saturated rings. The molecule has 0 aliphatic carbocycles. The Morgan fingerprint density at radius 3 is 2.58 bits per heavy atom. The summed E-state index contributed by atoms with van der Waals surface area (Å²) in [7, 11) is 4.10. The van der Waals surface area contributed by atoms with Crippen LogP contribution in [0.2, 0.25) is 0 Å². The van der Waals surface area contributed by atoms with E-state index in [1.165, 1.54) is 9.88 Å². The molecule has 0 spiro atoms. The lowest BCUT2D eigenvalue weighted by Crippen LogP contribution is -2.07. The average molecular weight is 184 g/mol. The van der Waals surface area contributed by atoms with Crippen molar-refractivity contribution in [2.75, 3.05) is 19.0 Å². The second-order valence-corrected chi connectivity index (χ2v) is 4.18. The second kappa shape index (κ2) is 3.92. The van der Waals surface area contributed by atoms with Gasteiger partial charge in [-0.3, -0.25) is 0 Å². The largest absolute Gasteiger partial charge is 0.370 e. The van der Waals surface area contributed by atoms with Gasteiger partial charge in [0.1, 0.15) is 0 Å². The highest BCUT2D eigenvalue weighted by Gasteiger charge is 2.07. The van der Waals surface area contributed by atoms with Gasteiger partial charge in [0.15, 0.2) is 0 Å². The quantitative estimate of drug-likeness (QED) is 0.780. The van der Waals surface area contributed by atoms with Gasteiger partial charge in [0.05, 0.1) is 5.00 Å². The zero-order valence-electron chi connectivity index (χ0n) is 7.87. The van der Waals surface area contributed by atoms with E-state index in [4.69, 9.17) is 5.73 Å². The fraction of sp³-hybridized carbons (Fsp3) is 0.556. The molecular formula is C9H16N2S. The molecule has 0 saturated heterocycles. The van der Waals surface area contributed by atoms with E-state index in [0.717, 1.165) is 6.42 Å². The first kappa shape index (κ1) is 9.55. The summed E-state index contributed by atoms with van der Waals surface area (Å²) >= 11 is 1.77. The zero-order chi connectivity index (χ0) is 9.14. The Bertz CT molecular complexity index is 242. The van der Waals surface area contributed by atoms with Crippen LogP contribution in [0.15, 0.2) is 12.1 Å². The minimum Gasteiger partial charge on any atom is -0.370 e. The maximum absolute atomic E-state index is 5.90. The molecule has 0 aromatic carbocycles. The van der Waals surface area contributed by atoms with Crippen molar-refractivity contribution in [1.82, 2.24) is 0 Å². The van der Waals surface area contributed by atoms with Crippen molar-refractivity contribution in [3.63, 3.8) is 0 Å². The predicted molar refractivity (Wildman–Crippen MR) is 55.9 cm³/mol. The van der Waals surface area contributed by atoms with Crippen LogP contribution in [0.1, 0.15) is 24.3 Å². The molecule has 0 unspecified atom stereocenters. The molecule has 68 valence electrons. The summed E-state index contributed by atoms with van der Waals surface area (Å²) in [4.78, 5) is 3.39. The summed E-state index contributed by atoms with van der Waals surface area (Å²) in [6, 6.07) is 4.45. The van der Waals surface area contributed by atoms with Crippen LogP contribution in [0.25, 0.3) is 0 Å². The summed E-state index contributed by atoms with van der Waals surface area (Å²) < 4.78 is 0. The number of nitrogens with two attached hydrogens (primary N) is 1. The highest BCUT2D eigenvalue weighted by atomic mass is 32.1. The van der Waals surface area contributed by atoms with Gasteiger partial charge in [-0.25, -0.2) is 0 Å². The molecule has 1 aromatic rings. The fourth-order valence-corrected chi connectivity index (χ4v) is 2.00. The molecule has 1 atom stereocenters. The Kier molecular flexibility index (Phi) is 3.12. The third kappa shape index (κ3) is 1.99. The van der Waals surface area contributed by atoms with Gasteiger partial charge in [0.25, 0.3) is 0 Å². The number of hydrogen-bond donors (Lipinski definition) is 1. The topological polar surface area (TPSA) is 29.3 Å². The van der Waals surface area contributed by atoms with Crippen LogP contribution < -0.4 is 10.6 Å². The van der Waals surface area contributed by atoms with Crippen molar-refractivity contribution in [3.05, 3.63) is 17.0 Å². The standard InChI is InChI=1S/C9H16N2S/c1-4-7(10)8-5-6-9(12-8)11(2)3/h5-7H,4,10H2,1-3H3/t7-/m1/s1. The van der Waals surface area contributed by atoms with Gasteiger partial charge in [-0.2, -0.15) is 0 Å². The first-order valence-corrected chi connectivity index (χ1v) is 4.99. The van der Waals surface area contributed by atoms with Crippen LogP contribution in [-0.2, 0) is 0 Å². The van der Waals surface area contributed by atoms with E-state index < -0.39 is 0 Å². The van der Waals surface area contributed by atoms with Crippen molar-refractivity contribution in [2.45, 2.75) is 19.4 Å². The molecule has 1 heterocycles. The maximum Gasteiger partial charge on any atom is 0.0906 e. The van der Waals surface area contributed by atoms with E-state index in [-0.39, 0.29) is 6.04 Å². The number of anilines is 1. The van der Waals surface area contributed by atoms with E-state index in [1.54, 1.807) is 11.3 Å². The van der Waals surface area contributed by atoms with Crippen LogP contribution in [0, 0.1) is 0 Å². The van der Waals surface area contributed by atoms with E-state index in [9.17, 15) is 0 Å². The third-order valence-electron chi connectivity index (χ3n) is 1.86. The molecule has 0 radical (unpaired) electrons. The van der Waals surface area contributed by atoms with Gasteiger partial charge < -0.3 is 10.6 Å². The molecule has 1 rings (SSSR count). The van der Waals surface area contributed by atoms with Crippen molar-refractivity contribution < 1.29 is 0 Å². The van der Waals surface area contributed by atoms with Crippen molar-refractivity contribution in [3.8, 4) is 0 Å². The highest BCUT2D eigenvalue weighted by molar-refractivity contribution is 7.16. The summed E-state index contributed by atoms with van der Waals surface area (Å²) in [6.07, 6.45) is 1.01. The molecule has 2 N–H and O–H groups in total. The van der Waals surface area contributed by atoms with E-state index >= 15 is 0 Å². The number of nitrogens with zero attached hydrogens (tertiary/aromatic N) is 1. The number of thiophene rings is 1. The van der Waals surface area contributed by atoms with Crippen LogP contribution in [0.5, 0.6) is 0 Å². The van der Waals surface area contributed by atoms with Gasteiger partial charge in [-0.15, -0.1) is 11.3 Å². The van der Waals surface area contributed by atoms with E-state index in [2.05, 4.69) is 24.0 Å². The smallest absolute Gasteiger partial charge is 0.0906 e. The molecule has 12 heavy (non-hydrogen) atoms. The van der Waals surface area contributed by atoms with Crippen LogP contribution >= 0.6 is 11.3 Å². The van der Waals surface area contributed by atoms with Gasteiger partial charge in [0, 0.05) is 25.0 Å². The Morgan fingerprint density at radius 2 is 2.17 bits per heavy atom. The summed E-state index contributed by atoms with van der Waals surface area (Å²) in [6.45, 7) is 2.11. The van der Waals surface area contributed by atoms with Gasteiger partial charge in [0.2, 0.25) is 0 Å². The van der Waals surface area contributed by atoms with Crippen molar-refractivity contribution in [2.24, 2.45) is 5.73 Å². The summed E-state index contributed by atoms with van der Waals surface area (Å²) in [5, 5.41) is 1.27. The maximum atomic E-state index is 5.90. The Labute approximate surface area is 78.0 Å². The Hall–Kier alpha value is -0.540. The van der Waals surface area contributed by atoms with E-state index in [0.29, 0.717) is 0 Å². The second-order valence-electron chi connectivity index (χ2n) is 3.09. The molecule has 3 heteroatoms. The van der Waals surface area contributed by atoms with Crippen molar-refractivity contribution in [1.29, 1.82) is 0 Å². The SMILES string of the molecule is CC[C@@H](N)c1ccc(N(C)C)s1. The Morgan fingerprint density at radius 1 is 1.50 bits per heavy atom. The molecule has 0 amide bonds. The van der Waals surface area contributed by atoms with Crippen molar-refractivity contribution >= 4 is 16.3 Å². The molecule has 0 saturated carbocycles. The third-order valence-corrected chi connectivity index (χ3v) is 3.24. The first-order valence-electron chi connectivity index (χ1n) is 4.17. The first-order chi connectivity index (χ1) is 5.65. The van der Waals surface area contributed by atoms with Crippen LogP contribution in [0.3, 0.4) is 0 Å². The molecule has 0 aliphatic rings.